The number of hydrogen-bond donors (Lipinski definition) is 3. The first-order chi connectivity index (χ1) is 19.1. The summed E-state index contributed by atoms with van der Waals surface area (Å²) in [5, 5.41) is 16.9. The number of nitrogens with zero attached hydrogens (tertiary/aromatic N) is 3. The van der Waals surface area contributed by atoms with Crippen LogP contribution in [0.2, 0.25) is 0 Å². The highest BCUT2D eigenvalue weighted by molar-refractivity contribution is 5.86. The highest BCUT2D eigenvalue weighted by atomic mass is 16.5. The van der Waals surface area contributed by atoms with Gasteiger partial charge in [0.1, 0.15) is 11.8 Å². The Balaban J connectivity index is 1.40. The van der Waals surface area contributed by atoms with Crippen LogP contribution in [0.15, 0.2) is 79.1 Å². The summed E-state index contributed by atoms with van der Waals surface area (Å²) in [6, 6.07) is 19.4. The van der Waals surface area contributed by atoms with E-state index in [4.69, 9.17) is 15.6 Å². The SMILES string of the molecule is CC(C)(C)c1ccc(-n2nc(-c3cccnc3)cc2OCCCC(=O)N[C@@H](Cc2ccc(O)cc2)C(N)=O)cc1. The van der Waals surface area contributed by atoms with Gasteiger partial charge in [-0.2, -0.15) is 5.10 Å². The lowest BCUT2D eigenvalue weighted by Gasteiger charge is -2.19. The van der Waals surface area contributed by atoms with Crippen molar-refractivity contribution >= 4 is 11.8 Å². The smallest absolute Gasteiger partial charge is 0.240 e. The molecule has 2 aromatic heterocycles. The van der Waals surface area contributed by atoms with E-state index < -0.39 is 11.9 Å². The second-order valence-corrected chi connectivity index (χ2v) is 10.7. The zero-order valence-corrected chi connectivity index (χ0v) is 23.0. The van der Waals surface area contributed by atoms with Crippen molar-refractivity contribution in [1.82, 2.24) is 20.1 Å². The molecular formula is C31H35N5O4. The van der Waals surface area contributed by atoms with Gasteiger partial charge in [-0.25, -0.2) is 4.68 Å². The number of carbonyl (C=O) groups is 2. The number of aromatic hydroxyl groups is 1. The monoisotopic (exact) mass is 541 g/mol. The molecule has 4 aromatic rings. The van der Waals surface area contributed by atoms with Crippen molar-refractivity contribution in [1.29, 1.82) is 0 Å². The summed E-state index contributed by atoms with van der Waals surface area (Å²) < 4.78 is 7.83. The molecule has 4 rings (SSSR count). The number of hydrogen-bond acceptors (Lipinski definition) is 6. The van der Waals surface area contributed by atoms with Gasteiger partial charge in [-0.3, -0.25) is 14.6 Å². The third-order valence-electron chi connectivity index (χ3n) is 6.46. The Hall–Kier alpha value is -4.66. The van der Waals surface area contributed by atoms with Crippen LogP contribution >= 0.6 is 0 Å². The molecule has 4 N–H and O–H groups in total. The Morgan fingerprint density at radius 3 is 2.42 bits per heavy atom. The van der Waals surface area contributed by atoms with Gasteiger partial charge < -0.3 is 20.9 Å². The van der Waals surface area contributed by atoms with Crippen LogP contribution < -0.4 is 15.8 Å². The average molecular weight is 542 g/mol. The van der Waals surface area contributed by atoms with Gasteiger partial charge in [-0.1, -0.05) is 45.0 Å². The average Bonchev–Trinajstić information content (AvgIpc) is 3.36. The first kappa shape index (κ1) is 28.4. The normalized spacial score (nSPS) is 12.1. The lowest BCUT2D eigenvalue weighted by molar-refractivity contribution is -0.127. The molecule has 0 radical (unpaired) electrons. The second kappa shape index (κ2) is 12.5. The minimum absolute atomic E-state index is 0.0288. The number of nitrogens with two attached hydrogens (primary N) is 1. The molecular weight excluding hydrogens is 506 g/mol. The molecule has 208 valence electrons. The van der Waals surface area contributed by atoms with Crippen molar-refractivity contribution in [2.75, 3.05) is 6.61 Å². The Bertz CT molecular complexity index is 1430. The molecule has 0 aliphatic carbocycles. The topological polar surface area (TPSA) is 132 Å². The minimum atomic E-state index is -0.850. The van der Waals surface area contributed by atoms with Crippen LogP contribution in [0.25, 0.3) is 16.9 Å². The van der Waals surface area contributed by atoms with Crippen molar-refractivity contribution in [2.45, 2.75) is 51.5 Å². The second-order valence-electron chi connectivity index (χ2n) is 10.7. The number of primary amides is 1. The van der Waals surface area contributed by atoms with Gasteiger partial charge in [-0.05, 0) is 59.4 Å². The van der Waals surface area contributed by atoms with E-state index in [2.05, 4.69) is 43.2 Å². The number of phenolic OH excluding ortho intramolecular Hbond substituents is 1. The number of phenols is 1. The van der Waals surface area contributed by atoms with Gasteiger partial charge in [0, 0.05) is 36.9 Å². The number of amides is 2. The molecule has 9 heteroatoms. The van der Waals surface area contributed by atoms with Crippen LogP contribution in [-0.2, 0) is 21.4 Å². The molecule has 0 saturated carbocycles. The summed E-state index contributed by atoms with van der Waals surface area (Å²) in [4.78, 5) is 28.7. The molecule has 2 aromatic carbocycles. The zero-order chi connectivity index (χ0) is 28.7. The first-order valence-electron chi connectivity index (χ1n) is 13.2. The fraction of sp³-hybridized carbons (Fsp3) is 0.290. The van der Waals surface area contributed by atoms with Gasteiger partial charge in [0.15, 0.2) is 0 Å². The van der Waals surface area contributed by atoms with Crippen molar-refractivity contribution in [3.8, 4) is 28.6 Å². The zero-order valence-electron chi connectivity index (χ0n) is 23.0. The van der Waals surface area contributed by atoms with Gasteiger partial charge in [-0.15, -0.1) is 0 Å². The predicted octanol–water partition coefficient (Wildman–Crippen LogP) is 4.31. The van der Waals surface area contributed by atoms with Crippen molar-refractivity contribution in [2.24, 2.45) is 5.73 Å². The number of rotatable bonds is 11. The van der Waals surface area contributed by atoms with E-state index in [1.807, 2.05) is 30.3 Å². The Morgan fingerprint density at radius 2 is 1.80 bits per heavy atom. The molecule has 2 heterocycles. The molecule has 9 nitrogen and oxygen atoms in total. The minimum Gasteiger partial charge on any atom is -0.508 e. The third kappa shape index (κ3) is 7.47. The number of aromatic nitrogens is 3. The summed E-state index contributed by atoms with van der Waals surface area (Å²) in [5.41, 5.74) is 9.97. The summed E-state index contributed by atoms with van der Waals surface area (Å²) in [5.74, 6) is -0.250. The molecule has 0 saturated heterocycles. The molecule has 0 aliphatic rings. The first-order valence-corrected chi connectivity index (χ1v) is 13.2. The van der Waals surface area contributed by atoms with Gasteiger partial charge in [0.25, 0.3) is 0 Å². The van der Waals surface area contributed by atoms with E-state index >= 15 is 0 Å². The lowest BCUT2D eigenvalue weighted by Crippen LogP contribution is -2.45. The summed E-state index contributed by atoms with van der Waals surface area (Å²) in [6.07, 6.45) is 4.27. The van der Waals surface area contributed by atoms with E-state index in [9.17, 15) is 14.7 Å². The molecule has 0 unspecified atom stereocenters. The van der Waals surface area contributed by atoms with Crippen LogP contribution in [0.5, 0.6) is 11.6 Å². The highest BCUT2D eigenvalue weighted by Crippen LogP contribution is 2.28. The lowest BCUT2D eigenvalue weighted by atomic mass is 9.87. The number of pyridine rings is 1. The van der Waals surface area contributed by atoms with Crippen LogP contribution in [0.1, 0.15) is 44.7 Å². The molecule has 0 aliphatic heterocycles. The fourth-order valence-electron chi connectivity index (χ4n) is 4.18. The maximum atomic E-state index is 12.6. The maximum Gasteiger partial charge on any atom is 0.240 e. The Labute approximate surface area is 234 Å². The Morgan fingerprint density at radius 1 is 1.07 bits per heavy atom. The van der Waals surface area contributed by atoms with Gasteiger partial charge in [0.05, 0.1) is 18.0 Å². The predicted molar refractivity (Wildman–Crippen MR) is 153 cm³/mol. The van der Waals surface area contributed by atoms with E-state index in [0.717, 1.165) is 22.5 Å². The quantitative estimate of drug-likeness (QED) is 0.243. The van der Waals surface area contributed by atoms with Crippen molar-refractivity contribution in [3.05, 3.63) is 90.3 Å². The van der Waals surface area contributed by atoms with E-state index in [-0.39, 0.29) is 36.5 Å². The molecule has 2 amide bonds. The van der Waals surface area contributed by atoms with E-state index in [1.165, 1.54) is 17.7 Å². The molecule has 1 atom stereocenters. The molecule has 0 fully saturated rings. The van der Waals surface area contributed by atoms with Crippen LogP contribution in [0, 0.1) is 0 Å². The van der Waals surface area contributed by atoms with E-state index in [0.29, 0.717) is 12.3 Å². The maximum absolute atomic E-state index is 12.6. The van der Waals surface area contributed by atoms with Gasteiger partial charge >= 0.3 is 0 Å². The van der Waals surface area contributed by atoms with Crippen LogP contribution in [0.4, 0.5) is 0 Å². The number of benzene rings is 2. The summed E-state index contributed by atoms with van der Waals surface area (Å²) in [7, 11) is 0. The molecule has 0 spiro atoms. The van der Waals surface area contributed by atoms with Crippen molar-refractivity contribution in [3.63, 3.8) is 0 Å². The number of carbonyl (C=O) groups excluding carboxylic acids is 2. The van der Waals surface area contributed by atoms with Gasteiger partial charge in [0.2, 0.25) is 17.7 Å². The van der Waals surface area contributed by atoms with Crippen LogP contribution in [-0.4, -0.2) is 44.3 Å². The highest BCUT2D eigenvalue weighted by Gasteiger charge is 2.19. The van der Waals surface area contributed by atoms with Crippen molar-refractivity contribution < 1.29 is 19.4 Å². The standard InChI is InChI=1S/C31H35N5O4/c1-31(2,3)23-10-12-24(13-11-23)36-29(19-26(35-36)22-6-4-16-33-20-22)40-17-5-7-28(38)34-27(30(32)39)18-21-8-14-25(37)15-9-21/h4,6,8-16,19-20,27,37H,5,7,17-18H2,1-3H3,(H2,32,39)(H,34,38)/t27-/m0/s1. The van der Waals surface area contributed by atoms with Crippen LogP contribution in [0.3, 0.4) is 0 Å². The number of nitrogens with one attached hydrogen (secondary N) is 1. The Kier molecular flexibility index (Phi) is 8.83. The molecule has 0 bridgehead atoms. The summed E-state index contributed by atoms with van der Waals surface area (Å²) >= 11 is 0. The number of ether oxygens (including phenoxy) is 1. The fourth-order valence-corrected chi connectivity index (χ4v) is 4.18. The third-order valence-corrected chi connectivity index (χ3v) is 6.46. The molecule has 40 heavy (non-hydrogen) atoms. The van der Waals surface area contributed by atoms with E-state index in [1.54, 1.807) is 29.2 Å². The largest absolute Gasteiger partial charge is 0.508 e. The summed E-state index contributed by atoms with van der Waals surface area (Å²) in [6.45, 7) is 6.77.